The first-order chi connectivity index (χ1) is 8.64. The fourth-order valence-electron chi connectivity index (χ4n) is 3.35. The van der Waals surface area contributed by atoms with E-state index in [1.54, 1.807) is 0 Å². The molecule has 0 saturated carbocycles. The number of hydrogen-bond acceptors (Lipinski definition) is 1. The minimum absolute atomic E-state index is 0.117. The molecule has 98 valence electrons. The molecule has 0 aliphatic heterocycles. The summed E-state index contributed by atoms with van der Waals surface area (Å²) in [6.07, 6.45) is 7.47. The summed E-state index contributed by atoms with van der Waals surface area (Å²) < 4.78 is 0. The van der Waals surface area contributed by atoms with Crippen molar-refractivity contribution in [1.82, 2.24) is 0 Å². The molecule has 0 aromatic heterocycles. The minimum Gasteiger partial charge on any atom is -0.323 e. The second-order valence-corrected chi connectivity index (χ2v) is 5.81. The fraction of sp³-hybridized carbons (Fsp3) is 0.500. The zero-order valence-corrected chi connectivity index (χ0v) is 11.8. The van der Waals surface area contributed by atoms with Crippen LogP contribution in [0.25, 0.3) is 0 Å². The zero-order valence-electron chi connectivity index (χ0n) is 11.1. The van der Waals surface area contributed by atoms with Gasteiger partial charge in [0.05, 0.1) is 0 Å². The van der Waals surface area contributed by atoms with Crippen LogP contribution in [-0.2, 0) is 6.42 Å². The third-order valence-corrected chi connectivity index (χ3v) is 4.63. The lowest BCUT2D eigenvalue weighted by Gasteiger charge is -2.33. The standard InChI is InChI=1S/C16H22ClN/c1-3-5-10-16(9-4-2)11-13-12(15(16)18)7-6-8-14(13)17/h3,6-8,15H,1,4-5,9-11,18H2,2H3/t15-,16?/m1/s1. The molecule has 2 rings (SSSR count). The Bertz CT molecular complexity index is 441. The Morgan fingerprint density at radius 2 is 2.28 bits per heavy atom. The minimum atomic E-state index is 0.117. The van der Waals surface area contributed by atoms with E-state index in [1.165, 1.54) is 11.1 Å². The van der Waals surface area contributed by atoms with Crippen molar-refractivity contribution in [3.05, 3.63) is 47.0 Å². The molecule has 2 heteroatoms. The molecule has 1 unspecified atom stereocenters. The Morgan fingerprint density at radius 1 is 1.50 bits per heavy atom. The van der Waals surface area contributed by atoms with Crippen LogP contribution in [0.3, 0.4) is 0 Å². The number of halogens is 1. The maximum atomic E-state index is 6.53. The van der Waals surface area contributed by atoms with E-state index in [0.29, 0.717) is 0 Å². The molecule has 18 heavy (non-hydrogen) atoms. The van der Waals surface area contributed by atoms with E-state index >= 15 is 0 Å². The van der Waals surface area contributed by atoms with Crippen LogP contribution in [0.2, 0.25) is 5.02 Å². The van der Waals surface area contributed by atoms with Gasteiger partial charge in [0.2, 0.25) is 0 Å². The van der Waals surface area contributed by atoms with Gasteiger partial charge in [-0.1, -0.05) is 43.2 Å². The Labute approximate surface area is 115 Å². The number of rotatable bonds is 5. The lowest BCUT2D eigenvalue weighted by molar-refractivity contribution is 0.205. The largest absolute Gasteiger partial charge is 0.323 e. The number of hydrogen-bond donors (Lipinski definition) is 1. The summed E-state index contributed by atoms with van der Waals surface area (Å²) in [6.45, 7) is 6.07. The molecule has 0 amide bonds. The van der Waals surface area contributed by atoms with Crippen molar-refractivity contribution >= 4 is 11.6 Å². The highest BCUT2D eigenvalue weighted by atomic mass is 35.5. The Balaban J connectivity index is 2.35. The maximum Gasteiger partial charge on any atom is 0.0441 e. The molecule has 1 aliphatic rings. The molecule has 1 aliphatic carbocycles. The van der Waals surface area contributed by atoms with Gasteiger partial charge in [-0.3, -0.25) is 0 Å². The molecule has 0 saturated heterocycles. The van der Waals surface area contributed by atoms with Gasteiger partial charge < -0.3 is 5.73 Å². The summed E-state index contributed by atoms with van der Waals surface area (Å²) >= 11 is 6.32. The molecular formula is C16H22ClN. The van der Waals surface area contributed by atoms with Crippen LogP contribution >= 0.6 is 11.6 Å². The second kappa shape index (κ2) is 5.46. The number of nitrogens with two attached hydrogens (primary N) is 1. The summed E-state index contributed by atoms with van der Waals surface area (Å²) in [5.41, 5.74) is 9.22. The molecular weight excluding hydrogens is 242 g/mol. The number of fused-ring (bicyclic) bond motifs is 1. The molecule has 0 bridgehead atoms. The van der Waals surface area contributed by atoms with E-state index in [-0.39, 0.29) is 11.5 Å². The third kappa shape index (κ3) is 2.22. The molecule has 0 heterocycles. The molecule has 2 N–H and O–H groups in total. The average Bonchev–Trinajstić information content (AvgIpc) is 2.64. The second-order valence-electron chi connectivity index (χ2n) is 5.40. The van der Waals surface area contributed by atoms with Gasteiger partial charge in [0.25, 0.3) is 0 Å². The first-order valence-electron chi connectivity index (χ1n) is 6.78. The van der Waals surface area contributed by atoms with Gasteiger partial charge in [0, 0.05) is 11.1 Å². The zero-order chi connectivity index (χ0) is 13.2. The van der Waals surface area contributed by atoms with Crippen LogP contribution in [0.15, 0.2) is 30.9 Å². The van der Waals surface area contributed by atoms with E-state index in [0.717, 1.165) is 37.1 Å². The van der Waals surface area contributed by atoms with Gasteiger partial charge in [-0.15, -0.1) is 6.58 Å². The van der Waals surface area contributed by atoms with E-state index in [2.05, 4.69) is 19.6 Å². The summed E-state index contributed by atoms with van der Waals surface area (Å²) in [4.78, 5) is 0. The van der Waals surface area contributed by atoms with Crippen molar-refractivity contribution < 1.29 is 0 Å². The molecule has 1 aromatic carbocycles. The highest BCUT2D eigenvalue weighted by Gasteiger charge is 2.43. The molecule has 0 spiro atoms. The monoisotopic (exact) mass is 263 g/mol. The lowest BCUT2D eigenvalue weighted by Crippen LogP contribution is -2.31. The Kier molecular flexibility index (Phi) is 4.14. The van der Waals surface area contributed by atoms with Crippen molar-refractivity contribution in [3.8, 4) is 0 Å². The van der Waals surface area contributed by atoms with E-state index < -0.39 is 0 Å². The summed E-state index contributed by atoms with van der Waals surface area (Å²) in [7, 11) is 0. The molecule has 0 fully saturated rings. The third-order valence-electron chi connectivity index (χ3n) is 4.27. The van der Waals surface area contributed by atoms with Gasteiger partial charge in [-0.05, 0) is 48.3 Å². The van der Waals surface area contributed by atoms with E-state index in [1.807, 2.05) is 18.2 Å². The molecule has 1 nitrogen and oxygen atoms in total. The lowest BCUT2D eigenvalue weighted by atomic mass is 9.74. The Hall–Kier alpha value is -0.790. The van der Waals surface area contributed by atoms with Gasteiger partial charge in [-0.25, -0.2) is 0 Å². The van der Waals surface area contributed by atoms with Crippen LogP contribution in [0.5, 0.6) is 0 Å². The predicted octanol–water partition coefficient (Wildman–Crippen LogP) is 4.65. The Morgan fingerprint density at radius 3 is 2.89 bits per heavy atom. The number of allylic oxidation sites excluding steroid dienone is 1. The summed E-state index contributed by atoms with van der Waals surface area (Å²) in [6, 6.07) is 6.24. The molecule has 1 aromatic rings. The first kappa shape index (κ1) is 13.6. The molecule has 2 atom stereocenters. The highest BCUT2D eigenvalue weighted by molar-refractivity contribution is 6.31. The quantitative estimate of drug-likeness (QED) is 0.769. The van der Waals surface area contributed by atoms with Crippen molar-refractivity contribution in [2.45, 2.75) is 45.1 Å². The van der Waals surface area contributed by atoms with Crippen molar-refractivity contribution in [2.75, 3.05) is 0 Å². The smallest absolute Gasteiger partial charge is 0.0441 e. The molecule has 0 radical (unpaired) electrons. The van der Waals surface area contributed by atoms with Crippen LogP contribution < -0.4 is 5.73 Å². The van der Waals surface area contributed by atoms with Crippen molar-refractivity contribution in [1.29, 1.82) is 0 Å². The summed E-state index contributed by atoms with van der Waals surface area (Å²) in [5, 5.41) is 0.875. The first-order valence-corrected chi connectivity index (χ1v) is 7.16. The normalized spacial score (nSPS) is 26.1. The highest BCUT2D eigenvalue weighted by Crippen LogP contribution is 2.51. The average molecular weight is 264 g/mol. The van der Waals surface area contributed by atoms with Crippen molar-refractivity contribution in [2.24, 2.45) is 11.1 Å². The van der Waals surface area contributed by atoms with Crippen LogP contribution in [-0.4, -0.2) is 0 Å². The van der Waals surface area contributed by atoms with Gasteiger partial charge in [0.15, 0.2) is 0 Å². The topological polar surface area (TPSA) is 26.0 Å². The maximum absolute atomic E-state index is 6.53. The van der Waals surface area contributed by atoms with E-state index in [9.17, 15) is 0 Å². The predicted molar refractivity (Wildman–Crippen MR) is 78.9 cm³/mol. The van der Waals surface area contributed by atoms with Crippen LogP contribution in [0, 0.1) is 5.41 Å². The number of benzene rings is 1. The van der Waals surface area contributed by atoms with Gasteiger partial charge >= 0.3 is 0 Å². The van der Waals surface area contributed by atoms with Gasteiger partial charge in [0.1, 0.15) is 0 Å². The van der Waals surface area contributed by atoms with Gasteiger partial charge in [-0.2, -0.15) is 0 Å². The SMILES string of the molecule is C=CCCC1(CCC)Cc2c(Cl)cccc2[C@H]1N. The fourth-order valence-corrected chi connectivity index (χ4v) is 3.59. The van der Waals surface area contributed by atoms with Crippen molar-refractivity contribution in [3.63, 3.8) is 0 Å². The van der Waals surface area contributed by atoms with E-state index in [4.69, 9.17) is 17.3 Å². The van der Waals surface area contributed by atoms with Crippen LogP contribution in [0.4, 0.5) is 0 Å². The summed E-state index contributed by atoms with van der Waals surface area (Å²) in [5.74, 6) is 0. The van der Waals surface area contributed by atoms with Crippen LogP contribution in [0.1, 0.15) is 49.8 Å².